The second-order valence-electron chi connectivity index (χ2n) is 4.71. The van der Waals surface area contributed by atoms with Crippen LogP contribution in [-0.2, 0) is 5.41 Å². The van der Waals surface area contributed by atoms with Gasteiger partial charge in [-0.25, -0.2) is 9.78 Å². The van der Waals surface area contributed by atoms with E-state index in [9.17, 15) is 4.79 Å². The van der Waals surface area contributed by atoms with Gasteiger partial charge in [-0.2, -0.15) is 10.3 Å². The van der Waals surface area contributed by atoms with Crippen molar-refractivity contribution in [3.05, 3.63) is 17.3 Å². The topological polar surface area (TPSA) is 95.6 Å². The molecular weight excluding hydrogens is 252 g/mol. The Morgan fingerprint density at radius 1 is 1.33 bits per heavy atom. The molecule has 0 aliphatic heterocycles. The van der Waals surface area contributed by atoms with Crippen LogP contribution in [0.3, 0.4) is 0 Å². The quantitative estimate of drug-likeness (QED) is 0.776. The summed E-state index contributed by atoms with van der Waals surface area (Å²) in [4.78, 5) is 16.9. The summed E-state index contributed by atoms with van der Waals surface area (Å²) in [5.74, 6) is 0.361. The van der Waals surface area contributed by atoms with E-state index in [2.05, 4.69) is 51.8 Å². The fourth-order valence-corrected chi connectivity index (χ4v) is 2.05. The molecule has 3 N–H and O–H groups in total. The van der Waals surface area contributed by atoms with Crippen molar-refractivity contribution in [1.82, 2.24) is 20.4 Å². The summed E-state index contributed by atoms with van der Waals surface area (Å²) in [6, 6.07) is -0.390. The Hall–Kier alpha value is -1.96. The van der Waals surface area contributed by atoms with E-state index in [1.54, 1.807) is 6.20 Å². The third-order valence-corrected chi connectivity index (χ3v) is 3.46. The van der Waals surface area contributed by atoms with Crippen LogP contribution in [-0.4, -0.2) is 26.4 Å². The fraction of sp³-hybridized carbons (Fsp3) is 0.400. The molecule has 2 amide bonds. The maximum atomic E-state index is 11.6. The summed E-state index contributed by atoms with van der Waals surface area (Å²) < 4.78 is 0. The van der Waals surface area contributed by atoms with Crippen LogP contribution in [0.25, 0.3) is 0 Å². The number of rotatable bonds is 2. The number of carbonyl (C=O) groups excluding carboxylic acids is 1. The van der Waals surface area contributed by atoms with Gasteiger partial charge in [0.2, 0.25) is 0 Å². The highest BCUT2D eigenvalue weighted by atomic mass is 32.1. The first-order chi connectivity index (χ1) is 8.45. The van der Waals surface area contributed by atoms with Crippen LogP contribution in [0.4, 0.5) is 15.7 Å². The van der Waals surface area contributed by atoms with Crippen LogP contribution >= 0.6 is 11.3 Å². The van der Waals surface area contributed by atoms with E-state index in [-0.39, 0.29) is 5.41 Å². The first-order valence-corrected chi connectivity index (χ1v) is 6.17. The van der Waals surface area contributed by atoms with E-state index in [1.807, 2.05) is 0 Å². The summed E-state index contributed by atoms with van der Waals surface area (Å²) in [5, 5.41) is 15.4. The Morgan fingerprint density at radius 2 is 2.11 bits per heavy atom. The van der Waals surface area contributed by atoms with Gasteiger partial charge in [0.05, 0.1) is 6.20 Å². The van der Waals surface area contributed by atoms with Crippen molar-refractivity contribution in [3.63, 3.8) is 0 Å². The van der Waals surface area contributed by atoms with Gasteiger partial charge in [-0.1, -0.05) is 20.8 Å². The van der Waals surface area contributed by atoms with Gasteiger partial charge in [0, 0.05) is 11.1 Å². The molecule has 2 heterocycles. The number of nitrogens with zero attached hydrogens (tertiary/aromatic N) is 3. The van der Waals surface area contributed by atoms with Crippen LogP contribution in [0.15, 0.2) is 12.4 Å². The van der Waals surface area contributed by atoms with E-state index in [0.29, 0.717) is 10.9 Å². The first-order valence-electron chi connectivity index (χ1n) is 5.35. The zero-order chi connectivity index (χ0) is 13.2. The van der Waals surface area contributed by atoms with Crippen molar-refractivity contribution in [2.24, 2.45) is 0 Å². The Morgan fingerprint density at radius 3 is 2.67 bits per heavy atom. The second-order valence-corrected chi connectivity index (χ2v) is 5.74. The van der Waals surface area contributed by atoms with E-state index in [0.717, 1.165) is 4.88 Å². The maximum absolute atomic E-state index is 11.6. The van der Waals surface area contributed by atoms with Crippen LogP contribution in [0, 0.1) is 0 Å². The molecule has 2 aromatic rings. The number of nitrogens with one attached hydrogen (secondary N) is 3. The molecule has 96 valence electrons. The van der Waals surface area contributed by atoms with E-state index in [1.165, 1.54) is 17.5 Å². The molecule has 0 atom stereocenters. The summed E-state index contributed by atoms with van der Waals surface area (Å²) in [5.41, 5.74) is 0.0280. The molecule has 2 rings (SSSR count). The number of thiazole rings is 1. The van der Waals surface area contributed by atoms with Crippen LogP contribution in [0.2, 0.25) is 0 Å². The van der Waals surface area contributed by atoms with Crippen molar-refractivity contribution >= 4 is 28.3 Å². The number of H-pyrrole nitrogens is 1. The first kappa shape index (κ1) is 12.5. The van der Waals surface area contributed by atoms with Gasteiger partial charge in [-0.05, 0) is 5.41 Å². The lowest BCUT2D eigenvalue weighted by Crippen LogP contribution is -2.19. The van der Waals surface area contributed by atoms with Gasteiger partial charge in [0.1, 0.15) is 0 Å². The van der Waals surface area contributed by atoms with Gasteiger partial charge >= 0.3 is 6.03 Å². The average Bonchev–Trinajstić information content (AvgIpc) is 2.87. The van der Waals surface area contributed by atoms with Crippen LogP contribution < -0.4 is 10.6 Å². The minimum atomic E-state index is -0.390. The molecule has 0 spiro atoms. The van der Waals surface area contributed by atoms with E-state index < -0.39 is 6.03 Å². The van der Waals surface area contributed by atoms with Gasteiger partial charge in [-0.3, -0.25) is 10.6 Å². The van der Waals surface area contributed by atoms with Crippen LogP contribution in [0.5, 0.6) is 0 Å². The zero-order valence-corrected chi connectivity index (χ0v) is 11.1. The van der Waals surface area contributed by atoms with Gasteiger partial charge in [0.15, 0.2) is 10.9 Å². The minimum absolute atomic E-state index is 0.0280. The molecule has 0 saturated carbocycles. The molecule has 0 bridgehead atoms. The summed E-state index contributed by atoms with van der Waals surface area (Å²) in [6.45, 7) is 6.29. The van der Waals surface area contributed by atoms with Crippen molar-refractivity contribution in [3.8, 4) is 0 Å². The number of anilines is 2. The molecule has 8 heteroatoms. The number of hydrogen-bond acceptors (Lipinski definition) is 5. The van der Waals surface area contributed by atoms with Crippen molar-refractivity contribution in [1.29, 1.82) is 0 Å². The van der Waals surface area contributed by atoms with Crippen molar-refractivity contribution in [2.45, 2.75) is 26.2 Å². The molecule has 0 aliphatic carbocycles. The Balaban J connectivity index is 1.97. The lowest BCUT2D eigenvalue weighted by molar-refractivity contribution is 0.262. The standard InChI is InChI=1S/C10H14N6OS/c1-10(2,3)6-4-11-9(18-6)14-8(17)13-7-5-12-16-15-7/h4-5H,1-3H3,(H3,11,12,13,14,15,16,17). The molecule has 0 radical (unpaired) electrons. The van der Waals surface area contributed by atoms with Gasteiger partial charge < -0.3 is 0 Å². The lowest BCUT2D eigenvalue weighted by atomic mass is 9.96. The average molecular weight is 266 g/mol. The predicted molar refractivity (Wildman–Crippen MR) is 69.8 cm³/mol. The minimum Gasteiger partial charge on any atom is -0.289 e. The molecule has 7 nitrogen and oxygen atoms in total. The van der Waals surface area contributed by atoms with Gasteiger partial charge in [0.25, 0.3) is 0 Å². The second kappa shape index (κ2) is 4.73. The van der Waals surface area contributed by atoms with Crippen molar-refractivity contribution < 1.29 is 4.79 Å². The smallest absolute Gasteiger partial charge is 0.289 e. The molecule has 18 heavy (non-hydrogen) atoms. The predicted octanol–water partition coefficient (Wildman–Crippen LogP) is 2.20. The molecule has 0 unspecified atom stereocenters. The monoisotopic (exact) mass is 266 g/mol. The zero-order valence-electron chi connectivity index (χ0n) is 10.3. The fourth-order valence-electron chi connectivity index (χ4n) is 1.19. The highest BCUT2D eigenvalue weighted by molar-refractivity contribution is 7.15. The molecule has 0 saturated heterocycles. The highest BCUT2D eigenvalue weighted by Gasteiger charge is 2.17. The molecule has 0 aliphatic rings. The Bertz CT molecular complexity index is 527. The maximum Gasteiger partial charge on any atom is 0.326 e. The highest BCUT2D eigenvalue weighted by Crippen LogP contribution is 2.29. The number of aromatic nitrogens is 4. The molecule has 0 aromatic carbocycles. The van der Waals surface area contributed by atoms with Crippen LogP contribution in [0.1, 0.15) is 25.6 Å². The number of amides is 2. The van der Waals surface area contributed by atoms with Gasteiger partial charge in [-0.15, -0.1) is 16.4 Å². The summed E-state index contributed by atoms with van der Waals surface area (Å²) >= 11 is 1.45. The van der Waals surface area contributed by atoms with E-state index in [4.69, 9.17) is 0 Å². The number of carbonyl (C=O) groups is 1. The Labute approximate surface area is 108 Å². The summed E-state index contributed by atoms with van der Waals surface area (Å²) in [7, 11) is 0. The number of aromatic amines is 1. The third kappa shape index (κ3) is 3.04. The molecule has 0 fully saturated rings. The SMILES string of the molecule is CC(C)(C)c1cnc(NC(=O)Nc2cn[nH]n2)s1. The normalized spacial score (nSPS) is 11.3. The largest absolute Gasteiger partial charge is 0.326 e. The van der Waals surface area contributed by atoms with Crippen molar-refractivity contribution in [2.75, 3.05) is 10.6 Å². The molecule has 2 aromatic heterocycles. The number of urea groups is 1. The van der Waals surface area contributed by atoms with E-state index >= 15 is 0 Å². The Kier molecular flexibility index (Phi) is 3.28. The third-order valence-electron chi connectivity index (χ3n) is 2.12. The lowest BCUT2D eigenvalue weighted by Gasteiger charge is -2.14. The number of hydrogen-bond donors (Lipinski definition) is 3. The molecular formula is C10H14N6OS. The summed E-state index contributed by atoms with van der Waals surface area (Å²) in [6.07, 6.45) is 3.19.